The molecular weight excluding hydrogens is 268 g/mol. The van der Waals surface area contributed by atoms with Crippen LogP contribution in [-0.2, 0) is 4.79 Å². The summed E-state index contributed by atoms with van der Waals surface area (Å²) in [5.41, 5.74) is 0.925. The Morgan fingerprint density at radius 1 is 1.29 bits per heavy atom. The number of pyridine rings is 1. The molecule has 2 heterocycles. The Hall–Kier alpha value is -2.30. The van der Waals surface area contributed by atoms with Gasteiger partial charge in [-0.25, -0.2) is 4.98 Å². The van der Waals surface area contributed by atoms with Crippen molar-refractivity contribution in [3.8, 4) is 5.75 Å². The molecule has 1 aliphatic rings. The van der Waals surface area contributed by atoms with Crippen LogP contribution in [0.4, 0.5) is 5.82 Å². The van der Waals surface area contributed by atoms with E-state index in [1.165, 1.54) is 0 Å². The first-order chi connectivity index (χ1) is 10.2. The highest BCUT2D eigenvalue weighted by atomic mass is 16.5. The number of hydrogen-bond donors (Lipinski definition) is 1. The Labute approximate surface area is 123 Å². The number of carbonyl (C=O) groups is 1. The monoisotopic (exact) mass is 286 g/mol. The van der Waals surface area contributed by atoms with Crippen LogP contribution in [0, 0.1) is 5.92 Å². The average Bonchev–Trinajstić information content (AvgIpc) is 2.54. The number of anilines is 1. The lowest BCUT2D eigenvalue weighted by molar-refractivity contribution is -0.142. The third kappa shape index (κ3) is 2.77. The van der Waals surface area contributed by atoms with Crippen LogP contribution in [0.2, 0.25) is 0 Å². The van der Waals surface area contributed by atoms with E-state index in [1.807, 2.05) is 30.3 Å². The maximum atomic E-state index is 11.0. The van der Waals surface area contributed by atoms with Gasteiger partial charge in [0.05, 0.1) is 18.5 Å². The van der Waals surface area contributed by atoms with Gasteiger partial charge in [-0.05, 0) is 43.2 Å². The lowest BCUT2D eigenvalue weighted by Gasteiger charge is -2.31. The molecule has 3 rings (SSSR count). The Morgan fingerprint density at radius 3 is 2.71 bits per heavy atom. The van der Waals surface area contributed by atoms with Gasteiger partial charge in [0.25, 0.3) is 0 Å². The first kappa shape index (κ1) is 13.7. The molecule has 0 aliphatic carbocycles. The predicted octanol–water partition coefficient (Wildman–Crippen LogP) is 2.54. The summed E-state index contributed by atoms with van der Waals surface area (Å²) in [6.07, 6.45) is 1.36. The van der Waals surface area contributed by atoms with E-state index < -0.39 is 5.97 Å². The Kier molecular flexibility index (Phi) is 3.64. The van der Waals surface area contributed by atoms with Crippen molar-refractivity contribution in [3.63, 3.8) is 0 Å². The van der Waals surface area contributed by atoms with Gasteiger partial charge in [-0.1, -0.05) is 0 Å². The maximum absolute atomic E-state index is 11.0. The fraction of sp³-hybridized carbons (Fsp3) is 0.375. The second-order valence-corrected chi connectivity index (χ2v) is 5.33. The highest BCUT2D eigenvalue weighted by Crippen LogP contribution is 2.25. The summed E-state index contributed by atoms with van der Waals surface area (Å²) in [4.78, 5) is 17.8. The van der Waals surface area contributed by atoms with E-state index >= 15 is 0 Å². The van der Waals surface area contributed by atoms with Gasteiger partial charge in [0, 0.05) is 18.5 Å². The molecule has 1 aromatic carbocycles. The minimum absolute atomic E-state index is 0.217. The summed E-state index contributed by atoms with van der Waals surface area (Å²) in [5, 5.41) is 10.1. The lowest BCUT2D eigenvalue weighted by Crippen LogP contribution is -2.36. The molecule has 110 valence electrons. The van der Waals surface area contributed by atoms with Crippen LogP contribution < -0.4 is 9.64 Å². The Morgan fingerprint density at radius 2 is 2.05 bits per heavy atom. The van der Waals surface area contributed by atoms with Crippen LogP contribution in [0.3, 0.4) is 0 Å². The van der Waals surface area contributed by atoms with Crippen LogP contribution in [0.1, 0.15) is 12.8 Å². The van der Waals surface area contributed by atoms with E-state index in [4.69, 9.17) is 9.84 Å². The largest absolute Gasteiger partial charge is 0.497 e. The van der Waals surface area contributed by atoms with Crippen LogP contribution in [0.5, 0.6) is 5.75 Å². The third-order valence-electron chi connectivity index (χ3n) is 4.05. The van der Waals surface area contributed by atoms with Crippen molar-refractivity contribution in [1.82, 2.24) is 4.98 Å². The first-order valence-electron chi connectivity index (χ1n) is 7.10. The summed E-state index contributed by atoms with van der Waals surface area (Å²) in [5.74, 6) is 0.829. The number of piperidine rings is 1. The van der Waals surface area contributed by atoms with E-state index in [0.29, 0.717) is 12.8 Å². The van der Waals surface area contributed by atoms with Crippen LogP contribution in [0.15, 0.2) is 30.3 Å². The van der Waals surface area contributed by atoms with E-state index in [2.05, 4.69) is 9.88 Å². The van der Waals surface area contributed by atoms with Gasteiger partial charge in [0.15, 0.2) is 0 Å². The number of nitrogens with zero attached hydrogens (tertiary/aromatic N) is 2. The number of benzene rings is 1. The number of aromatic nitrogens is 1. The molecule has 0 radical (unpaired) electrons. The molecule has 1 fully saturated rings. The minimum atomic E-state index is -0.687. The Bertz CT molecular complexity index is 664. The average molecular weight is 286 g/mol. The van der Waals surface area contributed by atoms with Gasteiger partial charge in [0.2, 0.25) is 0 Å². The standard InChI is InChI=1S/C16H18N2O3/c1-21-13-3-4-14-12(10-13)2-5-15(17-14)18-8-6-11(7-9-18)16(19)20/h2-5,10-11H,6-9H2,1H3,(H,19,20). The van der Waals surface area contributed by atoms with E-state index in [1.54, 1.807) is 7.11 Å². The van der Waals surface area contributed by atoms with E-state index in [0.717, 1.165) is 35.6 Å². The molecule has 1 aliphatic heterocycles. The normalized spacial score (nSPS) is 16.1. The number of ether oxygens (including phenoxy) is 1. The zero-order chi connectivity index (χ0) is 14.8. The molecular formula is C16H18N2O3. The van der Waals surface area contributed by atoms with Gasteiger partial charge in [0.1, 0.15) is 11.6 Å². The summed E-state index contributed by atoms with van der Waals surface area (Å²) in [7, 11) is 1.65. The summed E-state index contributed by atoms with van der Waals surface area (Å²) in [6.45, 7) is 1.48. The van der Waals surface area contributed by atoms with Gasteiger partial charge in [-0.2, -0.15) is 0 Å². The highest BCUT2D eigenvalue weighted by molar-refractivity contribution is 5.82. The number of carboxylic acid groups (broad SMARTS) is 1. The zero-order valence-electron chi connectivity index (χ0n) is 12.0. The molecule has 0 bridgehead atoms. The number of methoxy groups -OCH3 is 1. The molecule has 0 unspecified atom stereocenters. The number of hydrogen-bond acceptors (Lipinski definition) is 4. The SMILES string of the molecule is COc1ccc2nc(N3CCC(C(=O)O)CC3)ccc2c1. The molecule has 0 spiro atoms. The zero-order valence-corrected chi connectivity index (χ0v) is 12.0. The summed E-state index contributed by atoms with van der Waals surface area (Å²) < 4.78 is 5.21. The fourth-order valence-electron chi connectivity index (χ4n) is 2.75. The molecule has 5 heteroatoms. The molecule has 5 nitrogen and oxygen atoms in total. The first-order valence-corrected chi connectivity index (χ1v) is 7.10. The second-order valence-electron chi connectivity index (χ2n) is 5.33. The van der Waals surface area contributed by atoms with Crippen molar-refractivity contribution in [2.45, 2.75) is 12.8 Å². The number of aliphatic carboxylic acids is 1. The molecule has 2 aromatic rings. The van der Waals surface area contributed by atoms with Crippen molar-refractivity contribution in [2.75, 3.05) is 25.1 Å². The second kappa shape index (κ2) is 5.60. The molecule has 21 heavy (non-hydrogen) atoms. The number of carboxylic acids is 1. The lowest BCUT2D eigenvalue weighted by atomic mass is 9.97. The Balaban J connectivity index is 1.80. The molecule has 0 atom stereocenters. The van der Waals surface area contributed by atoms with Crippen molar-refractivity contribution in [1.29, 1.82) is 0 Å². The van der Waals surface area contributed by atoms with Gasteiger partial charge >= 0.3 is 5.97 Å². The quantitative estimate of drug-likeness (QED) is 0.939. The molecule has 1 saturated heterocycles. The van der Waals surface area contributed by atoms with Crippen molar-refractivity contribution >= 4 is 22.7 Å². The minimum Gasteiger partial charge on any atom is -0.497 e. The fourth-order valence-corrected chi connectivity index (χ4v) is 2.75. The van der Waals surface area contributed by atoms with Crippen molar-refractivity contribution in [3.05, 3.63) is 30.3 Å². The third-order valence-corrected chi connectivity index (χ3v) is 4.05. The molecule has 1 N–H and O–H groups in total. The van der Waals surface area contributed by atoms with E-state index in [9.17, 15) is 4.79 Å². The maximum Gasteiger partial charge on any atom is 0.306 e. The van der Waals surface area contributed by atoms with Crippen molar-refractivity contribution < 1.29 is 14.6 Å². The van der Waals surface area contributed by atoms with Crippen molar-refractivity contribution in [2.24, 2.45) is 5.92 Å². The molecule has 0 amide bonds. The van der Waals surface area contributed by atoms with E-state index in [-0.39, 0.29) is 5.92 Å². The molecule has 1 aromatic heterocycles. The van der Waals surface area contributed by atoms with Gasteiger partial charge < -0.3 is 14.7 Å². The van der Waals surface area contributed by atoms with Gasteiger partial charge in [-0.3, -0.25) is 4.79 Å². The molecule has 0 saturated carbocycles. The summed E-state index contributed by atoms with van der Waals surface area (Å²) in [6, 6.07) is 9.83. The predicted molar refractivity (Wildman–Crippen MR) is 80.9 cm³/mol. The number of rotatable bonds is 3. The van der Waals surface area contributed by atoms with Gasteiger partial charge in [-0.15, -0.1) is 0 Å². The van der Waals surface area contributed by atoms with Crippen LogP contribution >= 0.6 is 0 Å². The summed E-state index contributed by atoms with van der Waals surface area (Å²) >= 11 is 0. The topological polar surface area (TPSA) is 62.7 Å². The number of fused-ring (bicyclic) bond motifs is 1. The highest BCUT2D eigenvalue weighted by Gasteiger charge is 2.25. The smallest absolute Gasteiger partial charge is 0.306 e. The van der Waals surface area contributed by atoms with Crippen LogP contribution in [0.25, 0.3) is 10.9 Å². The van der Waals surface area contributed by atoms with Crippen LogP contribution in [-0.4, -0.2) is 36.3 Å².